The van der Waals surface area contributed by atoms with Gasteiger partial charge >= 0.3 is 0 Å². The van der Waals surface area contributed by atoms with Crippen molar-refractivity contribution in [3.8, 4) is 0 Å². The number of carbonyl (C=O) groups is 1. The van der Waals surface area contributed by atoms with Crippen LogP contribution in [0.1, 0.15) is 56.3 Å². The van der Waals surface area contributed by atoms with E-state index in [9.17, 15) is 4.79 Å². The van der Waals surface area contributed by atoms with Gasteiger partial charge in [0.2, 0.25) is 0 Å². The molecule has 0 radical (unpaired) electrons. The topological polar surface area (TPSA) is 45.2 Å². The van der Waals surface area contributed by atoms with Gasteiger partial charge in [-0.2, -0.15) is 0 Å². The number of hydrogen-bond donors (Lipinski definition) is 1. The van der Waals surface area contributed by atoms with Gasteiger partial charge < -0.3 is 10.2 Å². The van der Waals surface area contributed by atoms with Crippen molar-refractivity contribution in [1.29, 1.82) is 0 Å². The predicted molar refractivity (Wildman–Crippen MR) is 82.0 cm³/mol. The van der Waals surface area contributed by atoms with Crippen LogP contribution >= 0.6 is 0 Å². The Labute approximate surface area is 121 Å². The Morgan fingerprint density at radius 2 is 2.30 bits per heavy atom. The van der Waals surface area contributed by atoms with E-state index in [4.69, 9.17) is 0 Å². The van der Waals surface area contributed by atoms with Crippen molar-refractivity contribution < 1.29 is 4.79 Å². The number of hydrogen-bond acceptors (Lipinski definition) is 3. The fraction of sp³-hybridized carbons (Fsp3) is 0.625. The molecule has 0 saturated carbocycles. The van der Waals surface area contributed by atoms with E-state index in [-0.39, 0.29) is 5.91 Å². The normalized spacial score (nSPS) is 18.9. The van der Waals surface area contributed by atoms with Crippen molar-refractivity contribution in [2.45, 2.75) is 52.0 Å². The molecule has 1 aliphatic rings. The van der Waals surface area contributed by atoms with Crippen LogP contribution in [-0.2, 0) is 0 Å². The molecule has 1 aliphatic heterocycles. The van der Waals surface area contributed by atoms with Crippen molar-refractivity contribution in [2.75, 3.05) is 18.4 Å². The van der Waals surface area contributed by atoms with E-state index < -0.39 is 0 Å². The third-order valence-electron chi connectivity index (χ3n) is 3.94. The Kier molecular flexibility index (Phi) is 5.39. The second-order valence-electron chi connectivity index (χ2n) is 5.38. The first-order valence-corrected chi connectivity index (χ1v) is 7.77. The number of piperidine rings is 1. The van der Waals surface area contributed by atoms with Crippen molar-refractivity contribution in [2.24, 2.45) is 0 Å². The fourth-order valence-corrected chi connectivity index (χ4v) is 2.81. The zero-order chi connectivity index (χ0) is 14.4. The standard InChI is InChI=1S/C16H25N3O/c1-3-10-17-15-14(9-7-11-18-15)16(20)19-12-6-5-8-13(19)4-2/h7,9,11,13H,3-6,8,10,12H2,1-2H3,(H,17,18). The second-order valence-corrected chi connectivity index (χ2v) is 5.38. The average molecular weight is 275 g/mol. The predicted octanol–water partition coefficient (Wildman–Crippen LogP) is 3.31. The van der Waals surface area contributed by atoms with Crippen LogP contribution in [0, 0.1) is 0 Å². The van der Waals surface area contributed by atoms with Gasteiger partial charge in [-0.1, -0.05) is 13.8 Å². The molecule has 0 aromatic carbocycles. The first-order chi connectivity index (χ1) is 9.77. The van der Waals surface area contributed by atoms with Gasteiger partial charge in [0.05, 0.1) is 5.56 Å². The second kappa shape index (κ2) is 7.27. The zero-order valence-corrected chi connectivity index (χ0v) is 12.6. The molecule has 4 nitrogen and oxygen atoms in total. The van der Waals surface area contributed by atoms with Crippen LogP contribution in [-0.4, -0.2) is 34.9 Å². The van der Waals surface area contributed by atoms with Gasteiger partial charge in [0.1, 0.15) is 5.82 Å². The zero-order valence-electron chi connectivity index (χ0n) is 12.6. The number of rotatable bonds is 5. The van der Waals surface area contributed by atoms with Crippen LogP contribution in [0.5, 0.6) is 0 Å². The lowest BCUT2D eigenvalue weighted by Crippen LogP contribution is -2.43. The Morgan fingerprint density at radius 1 is 1.45 bits per heavy atom. The number of nitrogens with zero attached hydrogens (tertiary/aromatic N) is 2. The molecule has 1 fully saturated rings. The summed E-state index contributed by atoms with van der Waals surface area (Å²) in [6, 6.07) is 4.11. The van der Waals surface area contributed by atoms with Crippen LogP contribution < -0.4 is 5.32 Å². The minimum absolute atomic E-state index is 0.128. The third kappa shape index (κ3) is 3.30. The van der Waals surface area contributed by atoms with E-state index in [1.54, 1.807) is 6.20 Å². The SMILES string of the molecule is CCCNc1ncccc1C(=O)N1CCCCC1CC. The van der Waals surface area contributed by atoms with Gasteiger partial charge in [-0.15, -0.1) is 0 Å². The molecule has 20 heavy (non-hydrogen) atoms. The summed E-state index contributed by atoms with van der Waals surface area (Å²) in [5.41, 5.74) is 0.710. The molecule has 2 heterocycles. The minimum atomic E-state index is 0.128. The van der Waals surface area contributed by atoms with Crippen molar-refractivity contribution >= 4 is 11.7 Å². The monoisotopic (exact) mass is 275 g/mol. The molecule has 1 aromatic rings. The summed E-state index contributed by atoms with van der Waals surface area (Å²) in [4.78, 5) is 19.2. The van der Waals surface area contributed by atoms with E-state index >= 15 is 0 Å². The highest BCUT2D eigenvalue weighted by molar-refractivity contribution is 5.98. The highest BCUT2D eigenvalue weighted by Gasteiger charge is 2.27. The lowest BCUT2D eigenvalue weighted by atomic mass is 9.99. The van der Waals surface area contributed by atoms with Gasteiger partial charge in [0.15, 0.2) is 0 Å². The molecule has 1 atom stereocenters. The van der Waals surface area contributed by atoms with Gasteiger partial charge in [0.25, 0.3) is 5.91 Å². The molecular weight excluding hydrogens is 250 g/mol. The van der Waals surface area contributed by atoms with Crippen LogP contribution in [0.15, 0.2) is 18.3 Å². The Morgan fingerprint density at radius 3 is 3.05 bits per heavy atom. The van der Waals surface area contributed by atoms with Gasteiger partial charge in [0, 0.05) is 25.3 Å². The van der Waals surface area contributed by atoms with Crippen LogP contribution in [0.2, 0.25) is 0 Å². The maximum absolute atomic E-state index is 12.8. The quantitative estimate of drug-likeness (QED) is 0.896. The Bertz CT molecular complexity index is 447. The number of anilines is 1. The summed E-state index contributed by atoms with van der Waals surface area (Å²) in [5, 5.41) is 3.26. The van der Waals surface area contributed by atoms with Crippen molar-refractivity contribution in [3.63, 3.8) is 0 Å². The molecule has 1 N–H and O–H groups in total. The molecule has 1 aromatic heterocycles. The molecule has 110 valence electrons. The highest BCUT2D eigenvalue weighted by atomic mass is 16.2. The van der Waals surface area contributed by atoms with E-state index in [0.29, 0.717) is 11.6 Å². The highest BCUT2D eigenvalue weighted by Crippen LogP contribution is 2.23. The lowest BCUT2D eigenvalue weighted by Gasteiger charge is -2.35. The van der Waals surface area contributed by atoms with Crippen LogP contribution in [0.3, 0.4) is 0 Å². The van der Waals surface area contributed by atoms with Crippen LogP contribution in [0.25, 0.3) is 0 Å². The first kappa shape index (κ1) is 14.8. The smallest absolute Gasteiger partial charge is 0.257 e. The van der Waals surface area contributed by atoms with Gasteiger partial charge in [-0.3, -0.25) is 4.79 Å². The Balaban J connectivity index is 2.19. The maximum atomic E-state index is 12.8. The third-order valence-corrected chi connectivity index (χ3v) is 3.94. The van der Waals surface area contributed by atoms with E-state index in [1.165, 1.54) is 6.42 Å². The number of pyridine rings is 1. The van der Waals surface area contributed by atoms with E-state index in [0.717, 1.165) is 44.6 Å². The minimum Gasteiger partial charge on any atom is -0.369 e. The number of likely N-dealkylation sites (tertiary alicyclic amines) is 1. The van der Waals surface area contributed by atoms with Crippen molar-refractivity contribution in [1.82, 2.24) is 9.88 Å². The summed E-state index contributed by atoms with van der Waals surface area (Å²) >= 11 is 0. The largest absolute Gasteiger partial charge is 0.369 e. The molecule has 0 aliphatic carbocycles. The summed E-state index contributed by atoms with van der Waals surface area (Å²) in [5.74, 6) is 0.850. The number of amides is 1. The molecule has 1 saturated heterocycles. The maximum Gasteiger partial charge on any atom is 0.257 e. The first-order valence-electron chi connectivity index (χ1n) is 7.77. The molecule has 0 spiro atoms. The summed E-state index contributed by atoms with van der Waals surface area (Å²) in [6.45, 7) is 5.99. The molecular formula is C16H25N3O. The molecule has 1 amide bonds. The Hall–Kier alpha value is -1.58. The molecule has 4 heteroatoms. The summed E-state index contributed by atoms with van der Waals surface area (Å²) < 4.78 is 0. The molecule has 0 bridgehead atoms. The molecule has 2 rings (SSSR count). The van der Waals surface area contributed by atoms with Gasteiger partial charge in [-0.25, -0.2) is 4.98 Å². The summed E-state index contributed by atoms with van der Waals surface area (Å²) in [6.07, 6.45) is 7.26. The van der Waals surface area contributed by atoms with Crippen LogP contribution in [0.4, 0.5) is 5.82 Å². The fourth-order valence-electron chi connectivity index (χ4n) is 2.81. The average Bonchev–Trinajstić information content (AvgIpc) is 2.52. The van der Waals surface area contributed by atoms with E-state index in [2.05, 4.69) is 24.1 Å². The number of nitrogens with one attached hydrogen (secondary N) is 1. The summed E-state index contributed by atoms with van der Waals surface area (Å²) in [7, 11) is 0. The lowest BCUT2D eigenvalue weighted by molar-refractivity contribution is 0.0608. The van der Waals surface area contributed by atoms with Gasteiger partial charge in [-0.05, 0) is 44.2 Å². The number of aromatic nitrogens is 1. The molecule has 1 unspecified atom stereocenters. The number of carbonyl (C=O) groups excluding carboxylic acids is 1. The van der Waals surface area contributed by atoms with Crippen molar-refractivity contribution in [3.05, 3.63) is 23.9 Å². The van der Waals surface area contributed by atoms with E-state index in [1.807, 2.05) is 17.0 Å².